The van der Waals surface area contributed by atoms with Crippen molar-refractivity contribution in [2.45, 2.75) is 109 Å². The Kier molecular flexibility index (Phi) is 27.1. The van der Waals surface area contributed by atoms with Crippen molar-refractivity contribution < 1.29 is 38.2 Å². The molecule has 0 rings (SSSR count). The predicted molar refractivity (Wildman–Crippen MR) is 187 cm³/mol. The van der Waals surface area contributed by atoms with Crippen LogP contribution in [-0.2, 0) is 28.6 Å². The van der Waals surface area contributed by atoms with E-state index in [9.17, 15) is 19.5 Å². The van der Waals surface area contributed by atoms with Crippen molar-refractivity contribution in [1.29, 1.82) is 0 Å². The third-order valence-electron chi connectivity index (χ3n) is 6.95. The Bertz CT molecular complexity index is 985. The van der Waals surface area contributed by atoms with E-state index < -0.39 is 24.1 Å². The molecule has 0 radical (unpaired) electrons. The first-order valence-corrected chi connectivity index (χ1v) is 17.0. The third-order valence-corrected chi connectivity index (χ3v) is 6.95. The second-order valence-corrected chi connectivity index (χ2v) is 12.1. The summed E-state index contributed by atoms with van der Waals surface area (Å²) in [4.78, 5) is 36.5. The van der Waals surface area contributed by atoms with Gasteiger partial charge in [0, 0.05) is 12.8 Å². The minimum absolute atomic E-state index is 0.0138. The van der Waals surface area contributed by atoms with Gasteiger partial charge >= 0.3 is 17.9 Å². The number of likely N-dealkylation sites (N-methyl/N-ethyl adjacent to an activating group) is 1. The van der Waals surface area contributed by atoms with E-state index in [1.54, 1.807) is 6.08 Å². The van der Waals surface area contributed by atoms with E-state index in [2.05, 4.69) is 56.4 Å². The fourth-order valence-corrected chi connectivity index (χ4v) is 4.33. The molecule has 0 aliphatic rings. The number of allylic oxidation sites excluding steroid dienone is 11. The molecule has 8 heteroatoms. The molecule has 0 aromatic heterocycles. The average Bonchev–Trinajstić information content (AvgIpc) is 3.00. The lowest BCUT2D eigenvalue weighted by Gasteiger charge is -2.31. The van der Waals surface area contributed by atoms with E-state index in [-0.39, 0.29) is 36.7 Å². The molecule has 0 saturated heterocycles. The van der Waals surface area contributed by atoms with E-state index in [4.69, 9.17) is 14.2 Å². The standard InChI is InChI=1S/C38H61NO7/c1-6-8-10-12-14-16-17-18-19-21-22-24-26-28-36(40)45-33-34(32-44-31-30-35(38(42)43)39(3,4)5)46-37(41)29-27-25-23-20-15-13-11-9-7-2/h8-12,14-17,20,25,27,34-35H,6-7,13,18-19,21-24,26,28-33H2,1-5H3/p+1/b10-8+,11-9+,14-12+,17-16+,20-15+,27-25+. The molecule has 0 aliphatic carbocycles. The van der Waals surface area contributed by atoms with Crippen LogP contribution in [-0.4, -0.2) is 80.6 Å². The van der Waals surface area contributed by atoms with Gasteiger partial charge in [-0.15, -0.1) is 0 Å². The Balaban J connectivity index is 4.60. The van der Waals surface area contributed by atoms with Gasteiger partial charge in [0.1, 0.15) is 6.61 Å². The zero-order valence-electron chi connectivity index (χ0n) is 29.2. The number of hydrogen-bond donors (Lipinski definition) is 1. The minimum Gasteiger partial charge on any atom is -0.477 e. The van der Waals surface area contributed by atoms with E-state index in [0.717, 1.165) is 64.2 Å². The molecule has 0 spiro atoms. The van der Waals surface area contributed by atoms with E-state index in [1.807, 2.05) is 45.4 Å². The highest BCUT2D eigenvalue weighted by molar-refractivity contribution is 5.72. The first-order chi connectivity index (χ1) is 22.1. The summed E-state index contributed by atoms with van der Waals surface area (Å²) in [5.41, 5.74) is 0. The number of carboxylic acids is 1. The van der Waals surface area contributed by atoms with Gasteiger partial charge in [-0.25, -0.2) is 4.79 Å². The number of aliphatic carboxylic acids is 1. The SMILES string of the molecule is CC/C=C/C=C/C=C/CCCCCCCC(=O)OCC(COCCC(C(=O)O)[N+](C)(C)C)OC(=O)C/C=C/C/C=C/C/C=C/CC. The molecule has 8 nitrogen and oxygen atoms in total. The normalized spacial score (nSPS) is 14.0. The topological polar surface area (TPSA) is 99.1 Å². The smallest absolute Gasteiger partial charge is 0.362 e. The predicted octanol–water partition coefficient (Wildman–Crippen LogP) is 8.07. The highest BCUT2D eigenvalue weighted by Gasteiger charge is 2.31. The highest BCUT2D eigenvalue weighted by Crippen LogP contribution is 2.11. The van der Waals surface area contributed by atoms with Crippen molar-refractivity contribution in [1.82, 2.24) is 0 Å². The quantitative estimate of drug-likeness (QED) is 0.0302. The third kappa shape index (κ3) is 27.1. The second kappa shape index (κ2) is 29.2. The van der Waals surface area contributed by atoms with Crippen molar-refractivity contribution in [2.24, 2.45) is 0 Å². The molecule has 1 N–H and O–H groups in total. The van der Waals surface area contributed by atoms with Crippen LogP contribution in [0.3, 0.4) is 0 Å². The highest BCUT2D eigenvalue weighted by atomic mass is 16.6. The number of carbonyl (C=O) groups is 3. The molecule has 0 amide bonds. The van der Waals surface area contributed by atoms with E-state index >= 15 is 0 Å². The van der Waals surface area contributed by atoms with Crippen LogP contribution in [0.5, 0.6) is 0 Å². The number of quaternary nitrogens is 1. The Labute approximate surface area is 279 Å². The number of carbonyl (C=O) groups excluding carboxylic acids is 2. The van der Waals surface area contributed by atoms with Crippen molar-refractivity contribution >= 4 is 17.9 Å². The Morgan fingerprint density at radius 1 is 0.696 bits per heavy atom. The van der Waals surface area contributed by atoms with Gasteiger partial charge in [-0.1, -0.05) is 106 Å². The maximum atomic E-state index is 12.5. The van der Waals surface area contributed by atoms with Crippen LogP contribution in [0.15, 0.2) is 72.9 Å². The summed E-state index contributed by atoms with van der Waals surface area (Å²) in [6, 6.07) is -0.632. The van der Waals surface area contributed by atoms with E-state index in [1.165, 1.54) is 0 Å². The summed E-state index contributed by atoms with van der Waals surface area (Å²) < 4.78 is 17.0. The molecule has 2 unspecified atom stereocenters. The van der Waals surface area contributed by atoms with Gasteiger partial charge in [-0.2, -0.15) is 0 Å². The molecule has 0 fully saturated rings. The van der Waals surface area contributed by atoms with Gasteiger partial charge in [-0.3, -0.25) is 9.59 Å². The van der Waals surface area contributed by atoms with Gasteiger partial charge in [0.05, 0.1) is 40.8 Å². The summed E-state index contributed by atoms with van der Waals surface area (Å²) in [5.74, 6) is -1.67. The monoisotopic (exact) mass is 644 g/mol. The summed E-state index contributed by atoms with van der Waals surface area (Å²) in [6.45, 7) is 4.30. The van der Waals surface area contributed by atoms with Gasteiger partial charge in [0.2, 0.25) is 0 Å². The molecular formula is C38H62NO7+. The average molecular weight is 645 g/mol. The summed E-state index contributed by atoms with van der Waals surface area (Å²) in [5, 5.41) is 9.54. The first kappa shape index (κ1) is 42.8. The number of nitrogens with zero attached hydrogens (tertiary/aromatic N) is 1. The number of unbranched alkanes of at least 4 members (excludes halogenated alkanes) is 5. The Morgan fingerprint density at radius 3 is 1.96 bits per heavy atom. The molecule has 0 saturated carbocycles. The zero-order chi connectivity index (χ0) is 34.3. The summed E-state index contributed by atoms with van der Waals surface area (Å²) >= 11 is 0. The maximum Gasteiger partial charge on any atom is 0.362 e. The number of carboxylic acid groups (broad SMARTS) is 1. The van der Waals surface area contributed by atoms with Crippen LogP contribution in [0.4, 0.5) is 0 Å². The molecule has 0 aliphatic heterocycles. The lowest BCUT2D eigenvalue weighted by molar-refractivity contribution is -0.887. The van der Waals surface area contributed by atoms with Gasteiger partial charge < -0.3 is 23.8 Å². The van der Waals surface area contributed by atoms with Crippen molar-refractivity contribution in [2.75, 3.05) is 41.0 Å². The molecule has 46 heavy (non-hydrogen) atoms. The van der Waals surface area contributed by atoms with Crippen LogP contribution < -0.4 is 0 Å². The molecule has 0 heterocycles. The number of rotatable bonds is 28. The lowest BCUT2D eigenvalue weighted by atomic mass is 10.1. The van der Waals surface area contributed by atoms with Crippen LogP contribution >= 0.6 is 0 Å². The minimum atomic E-state index is -0.896. The Hall–Kier alpha value is -3.23. The molecular weight excluding hydrogens is 582 g/mol. The van der Waals surface area contributed by atoms with Crippen molar-refractivity contribution in [3.63, 3.8) is 0 Å². The van der Waals surface area contributed by atoms with Gasteiger partial charge in [0.15, 0.2) is 12.1 Å². The van der Waals surface area contributed by atoms with Crippen LogP contribution in [0, 0.1) is 0 Å². The Morgan fingerprint density at radius 2 is 1.30 bits per heavy atom. The number of ether oxygens (including phenoxy) is 3. The lowest BCUT2D eigenvalue weighted by Crippen LogP contribution is -2.50. The number of hydrogen-bond acceptors (Lipinski definition) is 6. The first-order valence-electron chi connectivity index (χ1n) is 17.0. The summed E-state index contributed by atoms with van der Waals surface area (Å²) in [6.07, 6.45) is 34.2. The molecule has 260 valence electrons. The van der Waals surface area contributed by atoms with Crippen LogP contribution in [0.1, 0.15) is 97.3 Å². The maximum absolute atomic E-state index is 12.5. The van der Waals surface area contributed by atoms with E-state index in [0.29, 0.717) is 12.8 Å². The van der Waals surface area contributed by atoms with Crippen molar-refractivity contribution in [3.8, 4) is 0 Å². The fraction of sp³-hybridized carbons (Fsp3) is 0.605. The largest absolute Gasteiger partial charge is 0.477 e. The fourth-order valence-electron chi connectivity index (χ4n) is 4.33. The summed E-state index contributed by atoms with van der Waals surface area (Å²) in [7, 11) is 5.46. The second-order valence-electron chi connectivity index (χ2n) is 12.1. The molecule has 0 aromatic rings. The molecule has 0 bridgehead atoms. The molecule has 2 atom stereocenters. The van der Waals surface area contributed by atoms with Crippen molar-refractivity contribution in [3.05, 3.63) is 72.9 Å². The molecule has 0 aromatic carbocycles. The van der Waals surface area contributed by atoms with Gasteiger partial charge in [0.25, 0.3) is 0 Å². The number of esters is 2. The van der Waals surface area contributed by atoms with Gasteiger partial charge in [-0.05, 0) is 44.9 Å². The van der Waals surface area contributed by atoms with Crippen LogP contribution in [0.2, 0.25) is 0 Å². The van der Waals surface area contributed by atoms with Crippen LogP contribution in [0.25, 0.3) is 0 Å². The zero-order valence-corrected chi connectivity index (χ0v) is 29.2.